The van der Waals surface area contributed by atoms with Gasteiger partial charge in [-0.15, -0.1) is 0 Å². The first-order valence-corrected chi connectivity index (χ1v) is 10.0. The summed E-state index contributed by atoms with van der Waals surface area (Å²) in [6, 6.07) is 13.4. The Morgan fingerprint density at radius 1 is 1.09 bits per heavy atom. The van der Waals surface area contributed by atoms with E-state index in [9.17, 15) is 19.2 Å². The number of oxazole rings is 1. The first kappa shape index (κ1) is 19.7. The molecule has 1 aliphatic rings. The lowest BCUT2D eigenvalue weighted by Crippen LogP contribution is -2.31. The Bertz CT molecular complexity index is 1420. The standard InChI is InChI=1S/C23H18N4O5/c1-12-20(22(31)27(25-12)23-24-17-5-3-4-6-18(17)32-23)16-11-19(29)26(21(16)30)15-9-7-14(8-10-15)13(2)28/h3-10,16,25H,11H2,1-2H3/t16-/m1/s1. The summed E-state index contributed by atoms with van der Waals surface area (Å²) in [6.07, 6.45) is -0.130. The second kappa shape index (κ2) is 7.16. The molecule has 1 fully saturated rings. The third-order valence-corrected chi connectivity index (χ3v) is 5.62. The van der Waals surface area contributed by atoms with Crippen molar-refractivity contribution in [1.29, 1.82) is 0 Å². The van der Waals surface area contributed by atoms with Gasteiger partial charge in [0.05, 0.1) is 17.2 Å². The van der Waals surface area contributed by atoms with Crippen LogP contribution >= 0.6 is 0 Å². The van der Waals surface area contributed by atoms with Crippen molar-refractivity contribution in [2.75, 3.05) is 4.90 Å². The lowest BCUT2D eigenvalue weighted by atomic mass is 9.98. The Kier molecular flexibility index (Phi) is 4.40. The number of ketones is 1. The van der Waals surface area contributed by atoms with Crippen LogP contribution in [0.2, 0.25) is 0 Å². The molecule has 1 saturated heterocycles. The highest BCUT2D eigenvalue weighted by atomic mass is 16.4. The summed E-state index contributed by atoms with van der Waals surface area (Å²) in [6.45, 7) is 3.10. The molecule has 2 aromatic heterocycles. The van der Waals surface area contributed by atoms with Gasteiger partial charge in [0.2, 0.25) is 11.8 Å². The fourth-order valence-electron chi connectivity index (χ4n) is 4.03. The summed E-state index contributed by atoms with van der Waals surface area (Å²) >= 11 is 0. The zero-order valence-electron chi connectivity index (χ0n) is 17.3. The third kappa shape index (κ3) is 2.97. The first-order valence-electron chi connectivity index (χ1n) is 10.0. The number of hydrogen-bond acceptors (Lipinski definition) is 6. The molecule has 0 spiro atoms. The molecule has 4 aromatic rings. The van der Waals surface area contributed by atoms with Crippen LogP contribution in [0.25, 0.3) is 17.1 Å². The molecular formula is C23H18N4O5. The topological polar surface area (TPSA) is 118 Å². The molecule has 1 atom stereocenters. The van der Waals surface area contributed by atoms with Crippen molar-refractivity contribution < 1.29 is 18.8 Å². The molecule has 2 aromatic carbocycles. The van der Waals surface area contributed by atoms with Gasteiger partial charge >= 0.3 is 6.01 Å². The van der Waals surface area contributed by atoms with Crippen molar-refractivity contribution >= 4 is 34.4 Å². The summed E-state index contributed by atoms with van der Waals surface area (Å²) in [5.74, 6) is -1.95. The molecule has 9 nitrogen and oxygen atoms in total. The molecule has 1 N–H and O–H groups in total. The average molecular weight is 430 g/mol. The minimum atomic E-state index is -0.927. The van der Waals surface area contributed by atoms with Crippen LogP contribution in [0.15, 0.2) is 57.7 Å². The molecule has 3 heterocycles. The highest BCUT2D eigenvalue weighted by Gasteiger charge is 2.43. The molecule has 0 radical (unpaired) electrons. The monoisotopic (exact) mass is 430 g/mol. The fraction of sp³-hybridized carbons (Fsp3) is 0.174. The van der Waals surface area contributed by atoms with Gasteiger partial charge in [-0.1, -0.05) is 12.1 Å². The van der Waals surface area contributed by atoms with Crippen LogP contribution in [0.5, 0.6) is 0 Å². The largest absolute Gasteiger partial charge is 0.422 e. The number of carbonyl (C=O) groups excluding carboxylic acids is 3. The summed E-state index contributed by atoms with van der Waals surface area (Å²) in [5, 5.41) is 2.91. The maximum atomic E-state index is 13.2. The van der Waals surface area contributed by atoms with Crippen molar-refractivity contribution in [3.05, 3.63) is 75.7 Å². The highest BCUT2D eigenvalue weighted by Crippen LogP contribution is 2.33. The number of anilines is 1. The summed E-state index contributed by atoms with van der Waals surface area (Å²) in [7, 11) is 0. The molecule has 32 heavy (non-hydrogen) atoms. The number of aromatic amines is 1. The lowest BCUT2D eigenvalue weighted by molar-refractivity contribution is -0.121. The molecule has 2 amide bonds. The van der Waals surface area contributed by atoms with E-state index < -0.39 is 23.3 Å². The van der Waals surface area contributed by atoms with Gasteiger partial charge < -0.3 is 4.42 Å². The molecule has 0 bridgehead atoms. The van der Waals surface area contributed by atoms with E-state index in [-0.39, 0.29) is 23.8 Å². The van der Waals surface area contributed by atoms with Gasteiger partial charge in [-0.2, -0.15) is 9.67 Å². The van der Waals surface area contributed by atoms with Crippen LogP contribution in [0, 0.1) is 6.92 Å². The highest BCUT2D eigenvalue weighted by molar-refractivity contribution is 6.22. The Morgan fingerprint density at radius 2 is 1.81 bits per heavy atom. The van der Waals surface area contributed by atoms with Gasteiger partial charge in [-0.25, -0.2) is 0 Å². The van der Waals surface area contributed by atoms with E-state index >= 15 is 0 Å². The number of para-hydroxylation sites is 2. The van der Waals surface area contributed by atoms with E-state index in [4.69, 9.17) is 4.42 Å². The Labute approximate surface area is 181 Å². The van der Waals surface area contributed by atoms with Crippen molar-refractivity contribution in [2.24, 2.45) is 0 Å². The van der Waals surface area contributed by atoms with Crippen molar-refractivity contribution in [2.45, 2.75) is 26.2 Å². The predicted octanol–water partition coefficient (Wildman–Crippen LogP) is 2.86. The van der Waals surface area contributed by atoms with Gasteiger partial charge in [0, 0.05) is 17.7 Å². The second-order valence-electron chi connectivity index (χ2n) is 7.68. The minimum Gasteiger partial charge on any atom is -0.422 e. The summed E-state index contributed by atoms with van der Waals surface area (Å²) in [4.78, 5) is 55.9. The Hall–Kier alpha value is -4.27. The van der Waals surface area contributed by atoms with Crippen molar-refractivity contribution in [3.8, 4) is 6.01 Å². The molecule has 9 heteroatoms. The quantitative estimate of drug-likeness (QED) is 0.393. The number of hydrogen-bond donors (Lipinski definition) is 1. The SMILES string of the molecule is CC(=O)c1ccc(N2C(=O)C[C@H](c3c(C)[nH]n(-c4nc5ccccc5o4)c3=O)C2=O)cc1. The number of H-pyrrole nitrogens is 1. The van der Waals surface area contributed by atoms with E-state index in [1.165, 1.54) is 6.92 Å². The maximum absolute atomic E-state index is 13.2. The molecule has 1 aliphatic heterocycles. The van der Waals surface area contributed by atoms with E-state index in [1.54, 1.807) is 49.4 Å². The number of benzene rings is 2. The van der Waals surface area contributed by atoms with E-state index in [0.29, 0.717) is 28.0 Å². The Balaban J connectivity index is 1.51. The average Bonchev–Trinajstić information content (AvgIpc) is 3.41. The number of fused-ring (bicyclic) bond motifs is 1. The van der Waals surface area contributed by atoms with Gasteiger partial charge in [-0.3, -0.25) is 29.2 Å². The van der Waals surface area contributed by atoms with E-state index in [2.05, 4.69) is 10.1 Å². The summed E-state index contributed by atoms with van der Waals surface area (Å²) in [5.41, 5.74) is 2.12. The molecule has 5 rings (SSSR count). The third-order valence-electron chi connectivity index (χ3n) is 5.62. The van der Waals surface area contributed by atoms with Gasteiger partial charge in [0.15, 0.2) is 11.4 Å². The van der Waals surface area contributed by atoms with Gasteiger partial charge in [-0.05, 0) is 50.2 Å². The van der Waals surface area contributed by atoms with Crippen LogP contribution in [-0.2, 0) is 9.59 Å². The van der Waals surface area contributed by atoms with Crippen molar-refractivity contribution in [3.63, 3.8) is 0 Å². The van der Waals surface area contributed by atoms with Crippen LogP contribution < -0.4 is 10.5 Å². The smallest absolute Gasteiger partial charge is 0.325 e. The maximum Gasteiger partial charge on any atom is 0.325 e. The second-order valence-corrected chi connectivity index (χ2v) is 7.68. The van der Waals surface area contributed by atoms with E-state index in [1.807, 2.05) is 6.07 Å². The lowest BCUT2D eigenvalue weighted by Gasteiger charge is -2.15. The zero-order valence-corrected chi connectivity index (χ0v) is 17.3. The molecular weight excluding hydrogens is 412 g/mol. The first-order chi connectivity index (χ1) is 15.3. The number of rotatable bonds is 4. The van der Waals surface area contributed by atoms with Crippen LogP contribution in [-0.4, -0.2) is 32.4 Å². The Morgan fingerprint density at radius 3 is 2.50 bits per heavy atom. The molecule has 0 unspecified atom stereocenters. The fourth-order valence-corrected chi connectivity index (χ4v) is 4.03. The zero-order chi connectivity index (χ0) is 22.6. The number of Topliss-reactive ketones (excluding diaryl/α,β-unsaturated/α-hetero) is 1. The number of aryl methyl sites for hydroxylation is 1. The van der Waals surface area contributed by atoms with Crippen LogP contribution in [0.3, 0.4) is 0 Å². The number of amides is 2. The predicted molar refractivity (Wildman–Crippen MR) is 115 cm³/mol. The minimum absolute atomic E-state index is 0.0546. The normalized spacial score (nSPS) is 16.3. The number of imide groups is 1. The van der Waals surface area contributed by atoms with Crippen LogP contribution in [0.4, 0.5) is 5.69 Å². The van der Waals surface area contributed by atoms with Gasteiger partial charge in [0.25, 0.3) is 5.56 Å². The van der Waals surface area contributed by atoms with Crippen LogP contribution in [0.1, 0.15) is 40.9 Å². The molecule has 0 saturated carbocycles. The molecule has 160 valence electrons. The number of carbonyl (C=O) groups is 3. The van der Waals surface area contributed by atoms with E-state index in [0.717, 1.165) is 9.58 Å². The summed E-state index contributed by atoms with van der Waals surface area (Å²) < 4.78 is 6.81. The number of nitrogens with zero attached hydrogens (tertiary/aromatic N) is 3. The number of nitrogens with one attached hydrogen (secondary N) is 1. The van der Waals surface area contributed by atoms with Gasteiger partial charge in [0.1, 0.15) is 5.52 Å². The number of aromatic nitrogens is 3. The molecule has 0 aliphatic carbocycles. The van der Waals surface area contributed by atoms with Crippen molar-refractivity contribution in [1.82, 2.24) is 14.8 Å².